The van der Waals surface area contributed by atoms with Crippen molar-refractivity contribution in [1.29, 1.82) is 0 Å². The Morgan fingerprint density at radius 3 is 3.09 bits per heavy atom. The van der Waals surface area contributed by atoms with Gasteiger partial charge < -0.3 is 15.5 Å². The lowest BCUT2D eigenvalue weighted by atomic mass is 10.5. The number of oxazole rings is 1. The Morgan fingerprint density at radius 2 is 2.55 bits per heavy atom. The van der Waals surface area contributed by atoms with Crippen LogP contribution in [0.3, 0.4) is 0 Å². The predicted molar refractivity (Wildman–Crippen MR) is 40.8 cm³/mol. The van der Waals surface area contributed by atoms with Crippen LogP contribution in [0.25, 0.3) is 0 Å². The lowest BCUT2D eigenvalue weighted by Gasteiger charge is -1.95. The van der Waals surface area contributed by atoms with Crippen molar-refractivity contribution in [2.24, 2.45) is 0 Å². The second-order valence-corrected chi connectivity index (χ2v) is 2.82. The molecule has 0 radical (unpaired) electrons. The number of aromatic nitrogens is 1. The summed E-state index contributed by atoms with van der Waals surface area (Å²) < 4.78 is 5.07. The number of hydrogen-bond acceptors (Lipinski definition) is 4. The quantitative estimate of drug-likeness (QED) is 0.664. The van der Waals surface area contributed by atoms with Crippen molar-refractivity contribution < 1.29 is 4.42 Å². The van der Waals surface area contributed by atoms with E-state index < -0.39 is 0 Å². The van der Waals surface area contributed by atoms with Gasteiger partial charge in [-0.3, -0.25) is 0 Å². The first kappa shape index (κ1) is 6.67. The second kappa shape index (κ2) is 2.54. The van der Waals surface area contributed by atoms with Crippen LogP contribution in [0.5, 0.6) is 0 Å². The summed E-state index contributed by atoms with van der Waals surface area (Å²) in [5.74, 6) is 0.814. The average molecular weight is 153 g/mol. The second-order valence-electron chi connectivity index (χ2n) is 2.82. The van der Waals surface area contributed by atoms with Crippen LogP contribution < -0.4 is 11.1 Å². The molecule has 0 aliphatic heterocycles. The molecule has 0 unspecified atom stereocenters. The maximum absolute atomic E-state index is 5.30. The summed E-state index contributed by atoms with van der Waals surface area (Å²) in [6, 6.07) is 0.943. The zero-order chi connectivity index (χ0) is 7.68. The number of anilines is 1. The normalized spacial score (nSPS) is 17.1. The van der Waals surface area contributed by atoms with E-state index in [2.05, 4.69) is 10.3 Å². The number of rotatable bonds is 3. The Balaban J connectivity index is 1.85. The van der Waals surface area contributed by atoms with Gasteiger partial charge in [-0.2, -0.15) is 0 Å². The minimum Gasteiger partial charge on any atom is -0.428 e. The smallest absolute Gasteiger partial charge is 0.292 e. The molecule has 4 heteroatoms. The van der Waals surface area contributed by atoms with E-state index in [1.54, 1.807) is 6.20 Å². The van der Waals surface area contributed by atoms with Crippen LogP contribution in [-0.2, 0) is 6.54 Å². The highest BCUT2D eigenvalue weighted by atomic mass is 16.4. The van der Waals surface area contributed by atoms with Gasteiger partial charge in [-0.15, -0.1) is 0 Å². The van der Waals surface area contributed by atoms with Gasteiger partial charge in [-0.1, -0.05) is 0 Å². The number of nitrogens with two attached hydrogens (primary N) is 1. The summed E-state index contributed by atoms with van der Waals surface area (Å²) in [4.78, 5) is 3.79. The van der Waals surface area contributed by atoms with Crippen LogP contribution >= 0.6 is 0 Å². The van der Waals surface area contributed by atoms with E-state index in [1.165, 1.54) is 12.8 Å². The van der Waals surface area contributed by atoms with Gasteiger partial charge in [0.1, 0.15) is 5.76 Å². The van der Waals surface area contributed by atoms with E-state index in [9.17, 15) is 0 Å². The lowest BCUT2D eigenvalue weighted by Crippen LogP contribution is -2.14. The van der Waals surface area contributed by atoms with Gasteiger partial charge in [0.25, 0.3) is 6.01 Å². The van der Waals surface area contributed by atoms with Crippen molar-refractivity contribution in [2.75, 3.05) is 5.73 Å². The van der Waals surface area contributed by atoms with Gasteiger partial charge in [-0.05, 0) is 12.8 Å². The summed E-state index contributed by atoms with van der Waals surface area (Å²) in [7, 11) is 0. The number of nitrogens with zero attached hydrogens (tertiary/aromatic N) is 1. The molecule has 0 spiro atoms. The van der Waals surface area contributed by atoms with Gasteiger partial charge in [0.05, 0.1) is 12.7 Å². The third kappa shape index (κ3) is 1.71. The number of nitrogen functional groups attached to an aromatic ring is 1. The van der Waals surface area contributed by atoms with Crippen LogP contribution in [0.2, 0.25) is 0 Å². The van der Waals surface area contributed by atoms with E-state index in [-0.39, 0.29) is 6.01 Å². The van der Waals surface area contributed by atoms with Crippen molar-refractivity contribution in [3.8, 4) is 0 Å². The fraction of sp³-hybridized carbons (Fsp3) is 0.571. The minimum atomic E-state index is 0.248. The number of hydrogen-bond donors (Lipinski definition) is 2. The molecule has 1 aliphatic rings. The van der Waals surface area contributed by atoms with Crippen molar-refractivity contribution in [3.05, 3.63) is 12.0 Å². The molecular formula is C7H11N3O. The SMILES string of the molecule is Nc1ncc(CNC2CC2)o1. The molecule has 1 aromatic rings. The van der Waals surface area contributed by atoms with Crippen molar-refractivity contribution in [1.82, 2.24) is 10.3 Å². The summed E-state index contributed by atoms with van der Waals surface area (Å²) in [6.45, 7) is 0.745. The van der Waals surface area contributed by atoms with Crippen LogP contribution in [0.4, 0.5) is 6.01 Å². The van der Waals surface area contributed by atoms with E-state index >= 15 is 0 Å². The highest BCUT2D eigenvalue weighted by Crippen LogP contribution is 2.19. The van der Waals surface area contributed by atoms with Crippen LogP contribution in [0.15, 0.2) is 10.6 Å². The molecule has 1 aromatic heterocycles. The molecule has 0 bridgehead atoms. The third-order valence-electron chi connectivity index (χ3n) is 1.71. The van der Waals surface area contributed by atoms with Crippen molar-refractivity contribution >= 4 is 6.01 Å². The van der Waals surface area contributed by atoms with Crippen LogP contribution in [-0.4, -0.2) is 11.0 Å². The van der Waals surface area contributed by atoms with E-state index in [4.69, 9.17) is 10.2 Å². The summed E-state index contributed by atoms with van der Waals surface area (Å²) in [6.07, 6.45) is 4.22. The molecule has 0 amide bonds. The van der Waals surface area contributed by atoms with E-state index in [0.717, 1.165) is 12.3 Å². The van der Waals surface area contributed by atoms with Gasteiger partial charge in [0.15, 0.2) is 0 Å². The van der Waals surface area contributed by atoms with Gasteiger partial charge in [0, 0.05) is 6.04 Å². The molecule has 0 aromatic carbocycles. The molecule has 1 heterocycles. The Hall–Kier alpha value is -1.03. The minimum absolute atomic E-state index is 0.248. The first-order valence-corrected chi connectivity index (χ1v) is 3.78. The molecule has 11 heavy (non-hydrogen) atoms. The molecule has 1 fully saturated rings. The molecule has 4 nitrogen and oxygen atoms in total. The predicted octanol–water partition coefficient (Wildman–Crippen LogP) is 0.509. The molecule has 2 rings (SSSR count). The topological polar surface area (TPSA) is 64.1 Å². The monoisotopic (exact) mass is 153 g/mol. The lowest BCUT2D eigenvalue weighted by molar-refractivity contribution is 0.493. The summed E-state index contributed by atoms with van der Waals surface area (Å²) in [5, 5.41) is 3.30. The van der Waals surface area contributed by atoms with Gasteiger partial charge in [0.2, 0.25) is 0 Å². The van der Waals surface area contributed by atoms with Crippen LogP contribution in [0.1, 0.15) is 18.6 Å². The fourth-order valence-corrected chi connectivity index (χ4v) is 0.937. The van der Waals surface area contributed by atoms with E-state index in [0.29, 0.717) is 6.04 Å². The summed E-state index contributed by atoms with van der Waals surface area (Å²) in [5.41, 5.74) is 5.30. The van der Waals surface area contributed by atoms with Crippen molar-refractivity contribution in [3.63, 3.8) is 0 Å². The highest BCUT2D eigenvalue weighted by Gasteiger charge is 2.20. The average Bonchev–Trinajstić information content (AvgIpc) is 2.72. The molecule has 60 valence electrons. The molecule has 0 atom stereocenters. The molecular weight excluding hydrogens is 142 g/mol. The maximum Gasteiger partial charge on any atom is 0.292 e. The van der Waals surface area contributed by atoms with Gasteiger partial charge >= 0.3 is 0 Å². The van der Waals surface area contributed by atoms with E-state index in [1.807, 2.05) is 0 Å². The van der Waals surface area contributed by atoms with Crippen molar-refractivity contribution in [2.45, 2.75) is 25.4 Å². The first-order valence-electron chi connectivity index (χ1n) is 3.78. The largest absolute Gasteiger partial charge is 0.428 e. The first-order chi connectivity index (χ1) is 5.34. The Morgan fingerprint density at radius 1 is 1.73 bits per heavy atom. The number of nitrogens with one attached hydrogen (secondary N) is 1. The Labute approximate surface area is 64.8 Å². The molecule has 0 saturated heterocycles. The Bertz CT molecular complexity index is 242. The highest BCUT2D eigenvalue weighted by molar-refractivity contribution is 5.10. The maximum atomic E-state index is 5.30. The summed E-state index contributed by atoms with van der Waals surface area (Å²) >= 11 is 0. The molecule has 1 saturated carbocycles. The molecule has 1 aliphatic carbocycles. The third-order valence-corrected chi connectivity index (χ3v) is 1.71. The standard InChI is InChI=1S/C7H11N3O/c8-7-10-4-6(11-7)3-9-5-1-2-5/h4-5,9H,1-3H2,(H2,8,10). The van der Waals surface area contributed by atoms with Gasteiger partial charge in [-0.25, -0.2) is 4.98 Å². The zero-order valence-corrected chi connectivity index (χ0v) is 6.21. The zero-order valence-electron chi connectivity index (χ0n) is 6.21. The Kier molecular flexibility index (Phi) is 1.54. The fourth-order valence-electron chi connectivity index (χ4n) is 0.937. The van der Waals surface area contributed by atoms with Crippen LogP contribution in [0, 0.1) is 0 Å². The molecule has 3 N–H and O–H groups in total.